The van der Waals surface area contributed by atoms with Gasteiger partial charge >= 0.3 is 5.97 Å². The second kappa shape index (κ2) is 12.1. The van der Waals surface area contributed by atoms with Gasteiger partial charge in [-0.3, -0.25) is 29.3 Å². The molecule has 39 heavy (non-hydrogen) atoms. The average Bonchev–Trinajstić information content (AvgIpc) is 3.38. The summed E-state index contributed by atoms with van der Waals surface area (Å²) < 4.78 is 0. The molecule has 0 bridgehead atoms. The summed E-state index contributed by atoms with van der Waals surface area (Å²) >= 11 is 0. The van der Waals surface area contributed by atoms with Crippen molar-refractivity contribution in [2.24, 2.45) is 5.92 Å². The van der Waals surface area contributed by atoms with E-state index in [9.17, 15) is 34.4 Å². The fourth-order valence-corrected chi connectivity index (χ4v) is 5.33. The Morgan fingerprint density at radius 1 is 1.03 bits per heavy atom. The molecule has 2 aromatic carbocycles. The number of amides is 3. The van der Waals surface area contributed by atoms with Crippen LogP contribution in [0.2, 0.25) is 0 Å². The van der Waals surface area contributed by atoms with Crippen molar-refractivity contribution in [1.29, 1.82) is 0 Å². The fourth-order valence-electron chi connectivity index (χ4n) is 5.33. The molecule has 1 heterocycles. The average molecular weight is 537 g/mol. The molecule has 1 aliphatic carbocycles. The van der Waals surface area contributed by atoms with Crippen molar-refractivity contribution < 1.29 is 29.2 Å². The number of carbonyl (C=O) groups excluding carboxylic acids is 3. The number of aliphatic carboxylic acids is 1. The number of nitro benzene ring substituents is 1. The van der Waals surface area contributed by atoms with Crippen LogP contribution >= 0.6 is 0 Å². The highest BCUT2D eigenvalue weighted by atomic mass is 16.6. The lowest BCUT2D eigenvalue weighted by Gasteiger charge is -2.33. The fraction of sp³-hybridized carbons (Fsp3) is 0.429. The zero-order valence-corrected chi connectivity index (χ0v) is 21.7. The number of hydrogen-bond donors (Lipinski definition) is 2. The summed E-state index contributed by atoms with van der Waals surface area (Å²) in [5, 5.41) is 23.5. The molecular weight excluding hydrogens is 504 g/mol. The maximum atomic E-state index is 13.8. The van der Waals surface area contributed by atoms with Gasteiger partial charge in [-0.05, 0) is 37.5 Å². The highest BCUT2D eigenvalue weighted by Gasteiger charge is 2.45. The molecule has 2 N–H and O–H groups in total. The SMILES string of the molecule is Cc1ccc(C(=O)N2CCN(C(=O)C3CCCCC3)C2C(=O)NC(CC(=O)O)c2cccc([N+](=O)[O-])c2)cc1. The molecule has 3 amide bonds. The zero-order valence-electron chi connectivity index (χ0n) is 21.7. The Labute approximate surface area is 225 Å². The van der Waals surface area contributed by atoms with E-state index < -0.39 is 41.3 Å². The maximum absolute atomic E-state index is 13.8. The Morgan fingerprint density at radius 3 is 2.33 bits per heavy atom. The molecule has 0 aromatic heterocycles. The number of carboxylic acid groups (broad SMARTS) is 1. The third-order valence-corrected chi connectivity index (χ3v) is 7.38. The summed E-state index contributed by atoms with van der Waals surface area (Å²) in [4.78, 5) is 66.0. The first-order valence-corrected chi connectivity index (χ1v) is 13.1. The van der Waals surface area contributed by atoms with E-state index in [2.05, 4.69) is 5.32 Å². The zero-order chi connectivity index (χ0) is 28.1. The lowest BCUT2D eigenvalue weighted by Crippen LogP contribution is -2.55. The third-order valence-electron chi connectivity index (χ3n) is 7.38. The molecule has 2 atom stereocenters. The van der Waals surface area contributed by atoms with Gasteiger partial charge in [0.1, 0.15) is 0 Å². The van der Waals surface area contributed by atoms with Crippen LogP contribution in [0.25, 0.3) is 0 Å². The lowest BCUT2D eigenvalue weighted by atomic mass is 9.88. The lowest BCUT2D eigenvalue weighted by molar-refractivity contribution is -0.384. The van der Waals surface area contributed by atoms with E-state index in [4.69, 9.17) is 0 Å². The van der Waals surface area contributed by atoms with Crippen LogP contribution < -0.4 is 5.32 Å². The minimum atomic E-state index is -1.27. The predicted molar refractivity (Wildman–Crippen MR) is 141 cm³/mol. The molecule has 11 heteroatoms. The number of nitrogens with zero attached hydrogens (tertiary/aromatic N) is 3. The second-order valence-corrected chi connectivity index (χ2v) is 10.1. The highest BCUT2D eigenvalue weighted by molar-refractivity contribution is 5.99. The Kier molecular flexibility index (Phi) is 8.58. The number of carboxylic acids is 1. The van der Waals surface area contributed by atoms with Crippen molar-refractivity contribution in [3.8, 4) is 0 Å². The number of hydrogen-bond acceptors (Lipinski definition) is 6. The number of aryl methyl sites for hydroxylation is 1. The number of nitrogens with one attached hydrogen (secondary N) is 1. The van der Waals surface area contributed by atoms with Crippen LogP contribution in [-0.2, 0) is 14.4 Å². The smallest absolute Gasteiger partial charge is 0.305 e. The molecule has 206 valence electrons. The Morgan fingerprint density at radius 2 is 1.69 bits per heavy atom. The number of carbonyl (C=O) groups is 4. The van der Waals surface area contributed by atoms with Crippen LogP contribution in [0.1, 0.15) is 66.1 Å². The van der Waals surface area contributed by atoms with Gasteiger partial charge in [0.2, 0.25) is 5.91 Å². The molecule has 2 aliphatic rings. The van der Waals surface area contributed by atoms with E-state index in [0.717, 1.165) is 24.8 Å². The largest absolute Gasteiger partial charge is 0.481 e. The number of non-ortho nitro benzene ring substituents is 1. The van der Waals surface area contributed by atoms with Gasteiger partial charge in [0, 0.05) is 36.7 Å². The van der Waals surface area contributed by atoms with Crippen LogP contribution in [0, 0.1) is 23.0 Å². The van der Waals surface area contributed by atoms with Gasteiger partial charge in [-0.25, -0.2) is 0 Å². The molecule has 2 aromatic rings. The van der Waals surface area contributed by atoms with Gasteiger partial charge in [0.15, 0.2) is 6.17 Å². The molecular formula is C28H32N4O7. The number of nitro groups is 1. The molecule has 2 unspecified atom stereocenters. The quantitative estimate of drug-likeness (QED) is 0.388. The molecule has 4 rings (SSSR count). The minimum absolute atomic E-state index is 0.143. The van der Waals surface area contributed by atoms with Crippen LogP contribution in [0.4, 0.5) is 5.69 Å². The molecule has 2 fully saturated rings. The van der Waals surface area contributed by atoms with Crippen LogP contribution in [0.15, 0.2) is 48.5 Å². The molecule has 1 saturated carbocycles. The Hall–Kier alpha value is -4.28. The molecule has 1 saturated heterocycles. The van der Waals surface area contributed by atoms with Gasteiger partial charge in [-0.2, -0.15) is 0 Å². The van der Waals surface area contributed by atoms with E-state index in [1.165, 1.54) is 34.1 Å². The van der Waals surface area contributed by atoms with E-state index in [0.29, 0.717) is 18.4 Å². The minimum Gasteiger partial charge on any atom is -0.481 e. The summed E-state index contributed by atoms with van der Waals surface area (Å²) in [5.41, 5.74) is 1.32. The third kappa shape index (κ3) is 6.42. The topological polar surface area (TPSA) is 150 Å². The standard InChI is InChI=1S/C28H32N4O7/c1-18-10-12-20(13-11-18)28(37)31-15-14-30(27(36)19-6-3-2-4-7-19)26(31)25(35)29-23(17-24(33)34)21-8-5-9-22(16-21)32(38)39/h5,8-13,16,19,23,26H,2-4,6-7,14-15,17H2,1H3,(H,29,35)(H,33,34). The van der Waals surface area contributed by atoms with E-state index in [1.807, 2.05) is 6.92 Å². The normalized spacial score (nSPS) is 18.4. The van der Waals surface area contributed by atoms with E-state index >= 15 is 0 Å². The second-order valence-electron chi connectivity index (χ2n) is 10.1. The van der Waals surface area contributed by atoms with Gasteiger partial charge in [-0.1, -0.05) is 49.1 Å². The summed E-state index contributed by atoms with van der Waals surface area (Å²) in [5.74, 6) is -2.79. The summed E-state index contributed by atoms with van der Waals surface area (Å²) in [6.45, 7) is 2.20. The summed E-state index contributed by atoms with van der Waals surface area (Å²) in [7, 11) is 0. The van der Waals surface area contributed by atoms with Crippen molar-refractivity contribution in [3.05, 3.63) is 75.3 Å². The monoisotopic (exact) mass is 536 g/mol. The van der Waals surface area contributed by atoms with Crippen molar-refractivity contribution in [2.75, 3.05) is 13.1 Å². The van der Waals surface area contributed by atoms with Gasteiger partial charge < -0.3 is 20.2 Å². The molecule has 11 nitrogen and oxygen atoms in total. The first-order chi connectivity index (χ1) is 18.7. The van der Waals surface area contributed by atoms with Crippen molar-refractivity contribution in [2.45, 2.75) is 57.7 Å². The van der Waals surface area contributed by atoms with Gasteiger partial charge in [-0.15, -0.1) is 0 Å². The summed E-state index contributed by atoms with van der Waals surface area (Å²) in [6.07, 6.45) is 2.49. The van der Waals surface area contributed by atoms with Gasteiger partial charge in [0.25, 0.3) is 17.5 Å². The van der Waals surface area contributed by atoms with Crippen LogP contribution in [0.3, 0.4) is 0 Å². The van der Waals surface area contributed by atoms with Gasteiger partial charge in [0.05, 0.1) is 17.4 Å². The maximum Gasteiger partial charge on any atom is 0.305 e. The number of benzene rings is 2. The molecule has 1 aliphatic heterocycles. The van der Waals surface area contributed by atoms with E-state index in [1.54, 1.807) is 24.3 Å². The van der Waals surface area contributed by atoms with Crippen molar-refractivity contribution in [3.63, 3.8) is 0 Å². The predicted octanol–water partition coefficient (Wildman–Crippen LogP) is 3.43. The Bertz CT molecular complexity index is 1260. The first kappa shape index (κ1) is 27.7. The molecule has 0 radical (unpaired) electrons. The van der Waals surface area contributed by atoms with Crippen LogP contribution in [0.5, 0.6) is 0 Å². The molecule has 0 spiro atoms. The van der Waals surface area contributed by atoms with Crippen molar-refractivity contribution >= 4 is 29.4 Å². The first-order valence-electron chi connectivity index (χ1n) is 13.1. The number of rotatable bonds is 8. The van der Waals surface area contributed by atoms with E-state index in [-0.39, 0.29) is 36.2 Å². The Balaban J connectivity index is 1.65. The summed E-state index contributed by atoms with van der Waals surface area (Å²) in [6, 6.07) is 11.2. The van der Waals surface area contributed by atoms with Crippen molar-refractivity contribution in [1.82, 2.24) is 15.1 Å². The highest BCUT2D eigenvalue weighted by Crippen LogP contribution is 2.30. The van der Waals surface area contributed by atoms with Crippen LogP contribution in [-0.4, -0.2) is 62.8 Å².